The van der Waals surface area contributed by atoms with E-state index >= 15 is 0 Å². The Bertz CT molecular complexity index is 570. The summed E-state index contributed by atoms with van der Waals surface area (Å²) in [6, 6.07) is 18.4. The Kier molecular flexibility index (Phi) is 5.62. The maximum absolute atomic E-state index is 5.93. The molecular formula is C20H26O2. The molecule has 1 atom stereocenters. The van der Waals surface area contributed by atoms with Crippen LogP contribution in [0.2, 0.25) is 0 Å². The number of hydrogen-bond donors (Lipinski definition) is 0. The lowest BCUT2D eigenvalue weighted by Crippen LogP contribution is -2.27. The highest BCUT2D eigenvalue weighted by Crippen LogP contribution is 2.29. The van der Waals surface area contributed by atoms with Gasteiger partial charge >= 0.3 is 0 Å². The molecule has 1 unspecified atom stereocenters. The summed E-state index contributed by atoms with van der Waals surface area (Å²) in [6.45, 7) is 9.82. The second kappa shape index (κ2) is 7.46. The van der Waals surface area contributed by atoms with Gasteiger partial charge in [0.05, 0.1) is 12.7 Å². The highest BCUT2D eigenvalue weighted by molar-refractivity contribution is 5.70. The predicted molar refractivity (Wildman–Crippen MR) is 92.2 cm³/mol. The molecule has 0 aliphatic heterocycles. The fourth-order valence-electron chi connectivity index (χ4n) is 2.08. The number of para-hydroxylation sites is 1. The van der Waals surface area contributed by atoms with Crippen LogP contribution >= 0.6 is 0 Å². The van der Waals surface area contributed by atoms with Crippen LogP contribution in [-0.4, -0.2) is 19.3 Å². The first-order chi connectivity index (χ1) is 10.5. The molecule has 0 saturated heterocycles. The van der Waals surface area contributed by atoms with E-state index in [4.69, 9.17) is 9.47 Å². The van der Waals surface area contributed by atoms with Gasteiger partial charge in [0.25, 0.3) is 0 Å². The van der Waals surface area contributed by atoms with E-state index in [0.29, 0.717) is 13.2 Å². The van der Waals surface area contributed by atoms with E-state index < -0.39 is 0 Å². The van der Waals surface area contributed by atoms with Gasteiger partial charge in [-0.15, -0.1) is 0 Å². The third-order valence-corrected chi connectivity index (χ3v) is 3.90. The zero-order valence-corrected chi connectivity index (χ0v) is 14.0. The van der Waals surface area contributed by atoms with Gasteiger partial charge in [0.1, 0.15) is 12.4 Å². The highest BCUT2D eigenvalue weighted by Gasteiger charge is 2.20. The van der Waals surface area contributed by atoms with Gasteiger partial charge in [0.15, 0.2) is 0 Å². The molecule has 0 aliphatic rings. The first-order valence-corrected chi connectivity index (χ1v) is 7.87. The van der Waals surface area contributed by atoms with E-state index in [0.717, 1.165) is 11.3 Å². The Hall–Kier alpha value is -1.80. The number of ether oxygens (including phenoxy) is 2. The highest BCUT2D eigenvalue weighted by atomic mass is 16.5. The lowest BCUT2D eigenvalue weighted by molar-refractivity contribution is -0.0164. The van der Waals surface area contributed by atoms with Crippen LogP contribution in [0.25, 0.3) is 11.1 Å². The van der Waals surface area contributed by atoms with Crippen molar-refractivity contribution in [2.45, 2.75) is 33.8 Å². The van der Waals surface area contributed by atoms with Crippen molar-refractivity contribution in [3.8, 4) is 16.9 Å². The zero-order chi connectivity index (χ0) is 16.0. The molecule has 0 aliphatic carbocycles. The molecule has 2 aromatic rings. The van der Waals surface area contributed by atoms with Crippen molar-refractivity contribution in [1.82, 2.24) is 0 Å². The van der Waals surface area contributed by atoms with E-state index in [1.165, 1.54) is 5.56 Å². The summed E-state index contributed by atoms with van der Waals surface area (Å²) in [5.74, 6) is 0.903. The second-order valence-electron chi connectivity index (χ2n) is 6.59. The minimum Gasteiger partial charge on any atom is -0.491 e. The first-order valence-electron chi connectivity index (χ1n) is 7.87. The van der Waals surface area contributed by atoms with Crippen LogP contribution < -0.4 is 4.74 Å². The lowest BCUT2D eigenvalue weighted by Gasteiger charge is -2.27. The Morgan fingerprint density at radius 3 is 2.18 bits per heavy atom. The van der Waals surface area contributed by atoms with Crippen LogP contribution in [0.5, 0.6) is 5.75 Å². The van der Waals surface area contributed by atoms with Crippen molar-refractivity contribution in [3.63, 3.8) is 0 Å². The fourth-order valence-corrected chi connectivity index (χ4v) is 2.08. The van der Waals surface area contributed by atoms with Crippen LogP contribution in [0.1, 0.15) is 27.7 Å². The average molecular weight is 298 g/mol. The molecule has 0 saturated carbocycles. The van der Waals surface area contributed by atoms with E-state index in [-0.39, 0.29) is 11.5 Å². The van der Waals surface area contributed by atoms with E-state index in [1.807, 2.05) is 36.4 Å². The van der Waals surface area contributed by atoms with Gasteiger partial charge in [-0.2, -0.15) is 0 Å². The van der Waals surface area contributed by atoms with Crippen molar-refractivity contribution in [3.05, 3.63) is 54.6 Å². The molecule has 0 amide bonds. The summed E-state index contributed by atoms with van der Waals surface area (Å²) in [7, 11) is 0. The van der Waals surface area contributed by atoms with Gasteiger partial charge in [0, 0.05) is 5.56 Å². The topological polar surface area (TPSA) is 18.5 Å². The standard InChI is InChI=1S/C20H26O2/c1-16(20(2,3)4)21-14-15-22-19-13-9-8-12-18(19)17-10-6-5-7-11-17/h5-13,16H,14-15H2,1-4H3. The van der Waals surface area contributed by atoms with Crippen LogP contribution in [-0.2, 0) is 4.74 Å². The molecule has 22 heavy (non-hydrogen) atoms. The largest absolute Gasteiger partial charge is 0.491 e. The molecule has 2 heteroatoms. The van der Waals surface area contributed by atoms with Crippen LogP contribution in [0, 0.1) is 5.41 Å². The molecule has 118 valence electrons. The third kappa shape index (κ3) is 4.60. The SMILES string of the molecule is CC(OCCOc1ccccc1-c1ccccc1)C(C)(C)C. The summed E-state index contributed by atoms with van der Waals surface area (Å²) in [4.78, 5) is 0. The van der Waals surface area contributed by atoms with Gasteiger partial charge < -0.3 is 9.47 Å². The van der Waals surface area contributed by atoms with Gasteiger partial charge in [-0.3, -0.25) is 0 Å². The van der Waals surface area contributed by atoms with Crippen LogP contribution in [0.4, 0.5) is 0 Å². The van der Waals surface area contributed by atoms with Gasteiger partial charge in [-0.1, -0.05) is 69.3 Å². The summed E-state index contributed by atoms with van der Waals surface area (Å²) in [5.41, 5.74) is 2.44. The van der Waals surface area contributed by atoms with Crippen LogP contribution in [0.15, 0.2) is 54.6 Å². The monoisotopic (exact) mass is 298 g/mol. The Balaban J connectivity index is 1.94. The molecule has 0 radical (unpaired) electrons. The normalized spacial score (nSPS) is 12.9. The smallest absolute Gasteiger partial charge is 0.127 e. The Labute approximate surface area is 134 Å². The average Bonchev–Trinajstić information content (AvgIpc) is 2.51. The summed E-state index contributed by atoms with van der Waals surface area (Å²) in [5, 5.41) is 0. The number of hydrogen-bond acceptors (Lipinski definition) is 2. The van der Waals surface area contributed by atoms with E-state index in [2.05, 4.69) is 45.9 Å². The van der Waals surface area contributed by atoms with E-state index in [9.17, 15) is 0 Å². The summed E-state index contributed by atoms with van der Waals surface area (Å²) < 4.78 is 11.8. The fraction of sp³-hybridized carbons (Fsp3) is 0.400. The molecule has 0 bridgehead atoms. The van der Waals surface area contributed by atoms with Crippen molar-refractivity contribution in [1.29, 1.82) is 0 Å². The van der Waals surface area contributed by atoms with Gasteiger partial charge in [-0.25, -0.2) is 0 Å². The lowest BCUT2D eigenvalue weighted by atomic mass is 9.90. The summed E-state index contributed by atoms with van der Waals surface area (Å²) >= 11 is 0. The van der Waals surface area contributed by atoms with E-state index in [1.54, 1.807) is 0 Å². The molecule has 2 nitrogen and oxygen atoms in total. The summed E-state index contributed by atoms with van der Waals surface area (Å²) in [6.07, 6.45) is 0.209. The Morgan fingerprint density at radius 1 is 0.864 bits per heavy atom. The Morgan fingerprint density at radius 2 is 1.50 bits per heavy atom. The number of benzene rings is 2. The van der Waals surface area contributed by atoms with Crippen molar-refractivity contribution >= 4 is 0 Å². The molecular weight excluding hydrogens is 272 g/mol. The first kappa shape index (κ1) is 16.6. The third-order valence-electron chi connectivity index (χ3n) is 3.90. The minimum absolute atomic E-state index is 0.155. The van der Waals surface area contributed by atoms with Crippen molar-refractivity contribution in [2.24, 2.45) is 5.41 Å². The quantitative estimate of drug-likeness (QED) is 0.684. The minimum atomic E-state index is 0.155. The van der Waals surface area contributed by atoms with Crippen molar-refractivity contribution < 1.29 is 9.47 Å². The molecule has 0 spiro atoms. The number of rotatable bonds is 6. The molecule has 2 rings (SSSR count). The maximum atomic E-state index is 5.93. The maximum Gasteiger partial charge on any atom is 0.127 e. The molecule has 2 aromatic carbocycles. The predicted octanol–water partition coefficient (Wildman–Crippen LogP) is 5.18. The van der Waals surface area contributed by atoms with Gasteiger partial charge in [0.2, 0.25) is 0 Å². The molecule has 0 fully saturated rings. The van der Waals surface area contributed by atoms with Crippen molar-refractivity contribution in [2.75, 3.05) is 13.2 Å². The van der Waals surface area contributed by atoms with Gasteiger partial charge in [-0.05, 0) is 24.0 Å². The second-order valence-corrected chi connectivity index (χ2v) is 6.59. The molecule has 0 heterocycles. The molecule has 0 N–H and O–H groups in total. The molecule has 0 aromatic heterocycles. The zero-order valence-electron chi connectivity index (χ0n) is 14.0. The van der Waals surface area contributed by atoms with Crippen LogP contribution in [0.3, 0.4) is 0 Å².